The van der Waals surface area contributed by atoms with E-state index in [9.17, 15) is 14.9 Å². The lowest BCUT2D eigenvalue weighted by molar-refractivity contribution is -0.385. The third kappa shape index (κ3) is 3.53. The number of hydrogen-bond donors (Lipinski definition) is 0. The monoisotopic (exact) mass is 328 g/mol. The summed E-state index contributed by atoms with van der Waals surface area (Å²) in [4.78, 5) is 24.8. The second kappa shape index (κ2) is 7.12. The van der Waals surface area contributed by atoms with Crippen molar-refractivity contribution in [2.24, 2.45) is 0 Å². The number of carbonyl (C=O) groups excluding carboxylic acids is 1. The summed E-state index contributed by atoms with van der Waals surface area (Å²) in [6, 6.07) is 11.8. The van der Waals surface area contributed by atoms with E-state index in [1.54, 1.807) is 38.1 Å². The highest BCUT2D eigenvalue weighted by Crippen LogP contribution is 2.25. The van der Waals surface area contributed by atoms with E-state index in [2.05, 4.69) is 0 Å². The number of nitro groups is 1. The van der Waals surface area contributed by atoms with Crippen LogP contribution in [-0.2, 0) is 0 Å². The summed E-state index contributed by atoms with van der Waals surface area (Å²) in [5.41, 5.74) is 1.73. The zero-order chi connectivity index (χ0) is 17.9. The van der Waals surface area contributed by atoms with E-state index in [0.29, 0.717) is 11.1 Å². The Morgan fingerprint density at radius 2 is 1.83 bits per heavy atom. The summed E-state index contributed by atoms with van der Waals surface area (Å²) in [5.74, 6) is 0.482. The lowest BCUT2D eigenvalue weighted by atomic mass is 10.0. The highest BCUT2D eigenvalue weighted by atomic mass is 16.6. The van der Waals surface area contributed by atoms with Crippen molar-refractivity contribution in [3.63, 3.8) is 0 Å². The molecule has 126 valence electrons. The molecule has 2 rings (SSSR count). The smallest absolute Gasteiger partial charge is 0.273 e. The topological polar surface area (TPSA) is 72.7 Å². The van der Waals surface area contributed by atoms with Crippen LogP contribution < -0.4 is 4.74 Å². The molecule has 1 atom stereocenters. The molecule has 0 heterocycles. The summed E-state index contributed by atoms with van der Waals surface area (Å²) in [7, 11) is 3.28. The maximum atomic E-state index is 12.6. The summed E-state index contributed by atoms with van der Waals surface area (Å²) < 4.78 is 5.13. The van der Waals surface area contributed by atoms with Crippen LogP contribution >= 0.6 is 0 Å². The molecule has 0 N–H and O–H groups in total. The molecule has 1 unspecified atom stereocenters. The fourth-order valence-electron chi connectivity index (χ4n) is 2.42. The van der Waals surface area contributed by atoms with E-state index in [-0.39, 0.29) is 17.6 Å². The van der Waals surface area contributed by atoms with Gasteiger partial charge in [-0.05, 0) is 37.6 Å². The van der Waals surface area contributed by atoms with Crippen LogP contribution in [0.15, 0.2) is 42.5 Å². The molecule has 0 radical (unpaired) electrons. The minimum absolute atomic E-state index is 0.0497. The Bertz CT molecular complexity index is 756. The Hall–Kier alpha value is -2.89. The maximum absolute atomic E-state index is 12.6. The Balaban J connectivity index is 2.24. The van der Waals surface area contributed by atoms with Crippen molar-refractivity contribution in [1.82, 2.24) is 4.90 Å². The van der Waals surface area contributed by atoms with Gasteiger partial charge in [0.05, 0.1) is 18.1 Å². The number of nitrogens with zero attached hydrogens (tertiary/aromatic N) is 2. The lowest BCUT2D eigenvalue weighted by Crippen LogP contribution is -2.29. The zero-order valence-corrected chi connectivity index (χ0v) is 14.1. The molecule has 0 aliphatic carbocycles. The fraction of sp³-hybridized carbons (Fsp3) is 0.278. The molecule has 1 amide bonds. The van der Waals surface area contributed by atoms with Crippen LogP contribution in [0.5, 0.6) is 5.75 Å². The van der Waals surface area contributed by atoms with E-state index < -0.39 is 4.92 Å². The van der Waals surface area contributed by atoms with Crippen LogP contribution in [0.25, 0.3) is 0 Å². The predicted octanol–water partition coefficient (Wildman–Crippen LogP) is 3.75. The molecule has 2 aromatic rings. The molecular formula is C18H20N2O4. The van der Waals surface area contributed by atoms with Crippen molar-refractivity contribution in [3.8, 4) is 5.75 Å². The molecule has 0 aliphatic rings. The Kier molecular flexibility index (Phi) is 5.18. The summed E-state index contributed by atoms with van der Waals surface area (Å²) in [5, 5.41) is 11.1. The SMILES string of the molecule is COc1ccc(C(C)N(C)C(=O)c2ccc(C)c([N+](=O)[O-])c2)cc1. The maximum Gasteiger partial charge on any atom is 0.273 e. The molecule has 0 fully saturated rings. The molecule has 6 heteroatoms. The third-order valence-electron chi connectivity index (χ3n) is 4.15. The van der Waals surface area contributed by atoms with E-state index in [0.717, 1.165) is 11.3 Å². The van der Waals surface area contributed by atoms with Crippen molar-refractivity contribution in [3.05, 3.63) is 69.3 Å². The number of amides is 1. The Morgan fingerprint density at radius 1 is 1.21 bits per heavy atom. The van der Waals surface area contributed by atoms with Crippen LogP contribution in [0.1, 0.15) is 34.5 Å². The first-order chi connectivity index (χ1) is 11.3. The molecule has 0 aromatic heterocycles. The van der Waals surface area contributed by atoms with Crippen LogP contribution in [0.2, 0.25) is 0 Å². The Labute approximate surface area is 140 Å². The minimum Gasteiger partial charge on any atom is -0.497 e. The van der Waals surface area contributed by atoms with Crippen LogP contribution in [-0.4, -0.2) is 29.9 Å². The molecule has 0 bridgehead atoms. The van der Waals surface area contributed by atoms with Gasteiger partial charge in [0, 0.05) is 24.2 Å². The number of ether oxygens (including phenoxy) is 1. The first kappa shape index (κ1) is 17.5. The summed E-state index contributed by atoms with van der Waals surface area (Å²) in [6.07, 6.45) is 0. The van der Waals surface area contributed by atoms with E-state index in [1.165, 1.54) is 6.07 Å². The molecule has 0 saturated heterocycles. The van der Waals surface area contributed by atoms with Gasteiger partial charge in [0.1, 0.15) is 5.75 Å². The van der Waals surface area contributed by atoms with Gasteiger partial charge in [-0.3, -0.25) is 14.9 Å². The molecule has 0 aliphatic heterocycles. The van der Waals surface area contributed by atoms with Crippen LogP contribution in [0.3, 0.4) is 0 Å². The standard InChI is InChI=1S/C18H20N2O4/c1-12-5-6-15(11-17(12)20(22)23)18(21)19(3)13(2)14-7-9-16(24-4)10-8-14/h5-11,13H,1-4H3. The molecular weight excluding hydrogens is 308 g/mol. The van der Waals surface area contributed by atoms with Gasteiger partial charge in [-0.25, -0.2) is 0 Å². The van der Waals surface area contributed by atoms with E-state index in [4.69, 9.17) is 4.74 Å². The molecule has 6 nitrogen and oxygen atoms in total. The largest absolute Gasteiger partial charge is 0.497 e. The number of benzene rings is 2. The first-order valence-corrected chi connectivity index (χ1v) is 7.51. The predicted molar refractivity (Wildman–Crippen MR) is 91.3 cm³/mol. The van der Waals surface area contributed by atoms with Crippen molar-refractivity contribution in [1.29, 1.82) is 0 Å². The number of methoxy groups -OCH3 is 1. The van der Waals surface area contributed by atoms with Gasteiger partial charge in [-0.15, -0.1) is 0 Å². The van der Waals surface area contributed by atoms with E-state index >= 15 is 0 Å². The van der Waals surface area contributed by atoms with Gasteiger partial charge in [0.2, 0.25) is 0 Å². The first-order valence-electron chi connectivity index (χ1n) is 7.51. The zero-order valence-electron chi connectivity index (χ0n) is 14.1. The number of aryl methyl sites for hydroxylation is 1. The second-order valence-electron chi connectivity index (χ2n) is 5.62. The van der Waals surface area contributed by atoms with Gasteiger partial charge in [-0.1, -0.05) is 18.2 Å². The van der Waals surface area contributed by atoms with Crippen molar-refractivity contribution < 1.29 is 14.5 Å². The second-order valence-corrected chi connectivity index (χ2v) is 5.62. The van der Waals surface area contributed by atoms with Gasteiger partial charge in [0.25, 0.3) is 11.6 Å². The molecule has 0 saturated carbocycles. The fourth-order valence-corrected chi connectivity index (χ4v) is 2.42. The third-order valence-corrected chi connectivity index (χ3v) is 4.15. The van der Waals surface area contributed by atoms with Crippen molar-refractivity contribution in [2.75, 3.05) is 14.2 Å². The summed E-state index contributed by atoms with van der Waals surface area (Å²) >= 11 is 0. The number of nitro benzene ring substituents is 1. The van der Waals surface area contributed by atoms with Crippen LogP contribution in [0.4, 0.5) is 5.69 Å². The van der Waals surface area contributed by atoms with Gasteiger partial charge in [0.15, 0.2) is 0 Å². The minimum atomic E-state index is -0.473. The molecule has 24 heavy (non-hydrogen) atoms. The average Bonchev–Trinajstić information content (AvgIpc) is 2.60. The number of carbonyl (C=O) groups is 1. The Morgan fingerprint density at radius 3 is 2.38 bits per heavy atom. The highest BCUT2D eigenvalue weighted by molar-refractivity contribution is 5.95. The number of rotatable bonds is 5. The average molecular weight is 328 g/mol. The van der Waals surface area contributed by atoms with E-state index in [1.807, 2.05) is 31.2 Å². The normalized spacial score (nSPS) is 11.7. The van der Waals surface area contributed by atoms with Gasteiger partial charge < -0.3 is 9.64 Å². The van der Waals surface area contributed by atoms with Crippen molar-refractivity contribution >= 4 is 11.6 Å². The van der Waals surface area contributed by atoms with Crippen molar-refractivity contribution in [2.45, 2.75) is 19.9 Å². The van der Waals surface area contributed by atoms with Gasteiger partial charge in [-0.2, -0.15) is 0 Å². The van der Waals surface area contributed by atoms with Gasteiger partial charge >= 0.3 is 0 Å². The highest BCUT2D eigenvalue weighted by Gasteiger charge is 2.21. The summed E-state index contributed by atoms with van der Waals surface area (Å²) in [6.45, 7) is 3.55. The lowest BCUT2D eigenvalue weighted by Gasteiger charge is -2.25. The molecule has 2 aromatic carbocycles. The quantitative estimate of drug-likeness (QED) is 0.619. The molecule has 0 spiro atoms. The number of hydrogen-bond acceptors (Lipinski definition) is 4. The van der Waals surface area contributed by atoms with Crippen LogP contribution in [0, 0.1) is 17.0 Å².